The van der Waals surface area contributed by atoms with E-state index < -0.39 is 0 Å². The Morgan fingerprint density at radius 3 is 2.91 bits per heavy atom. The van der Waals surface area contributed by atoms with Crippen LogP contribution in [0.25, 0.3) is 0 Å². The number of nitrogens with zero attached hydrogens (tertiary/aromatic N) is 4. The summed E-state index contributed by atoms with van der Waals surface area (Å²) in [4.78, 5) is 14.4. The zero-order valence-electron chi connectivity index (χ0n) is 13.4. The molecular formula is C17H22N4O2. The molecule has 1 fully saturated rings. The number of rotatable bonds is 5. The van der Waals surface area contributed by atoms with E-state index in [4.69, 9.17) is 4.74 Å². The summed E-state index contributed by atoms with van der Waals surface area (Å²) in [6.45, 7) is 2.24. The number of amides is 1. The van der Waals surface area contributed by atoms with Crippen LogP contribution in [0.1, 0.15) is 18.5 Å². The molecule has 23 heavy (non-hydrogen) atoms. The zero-order chi connectivity index (χ0) is 16.1. The Labute approximate surface area is 136 Å². The van der Waals surface area contributed by atoms with E-state index in [2.05, 4.69) is 10.3 Å². The van der Waals surface area contributed by atoms with Crippen molar-refractivity contribution in [1.82, 2.24) is 19.9 Å². The van der Waals surface area contributed by atoms with Gasteiger partial charge in [-0.15, -0.1) is 5.10 Å². The number of carbonyl (C=O) groups is 1. The molecule has 3 rings (SSSR count). The van der Waals surface area contributed by atoms with Crippen molar-refractivity contribution in [1.29, 1.82) is 0 Å². The van der Waals surface area contributed by atoms with E-state index >= 15 is 0 Å². The van der Waals surface area contributed by atoms with Crippen LogP contribution in [-0.2, 0) is 18.3 Å². The highest BCUT2D eigenvalue weighted by Crippen LogP contribution is 2.19. The first-order valence-corrected chi connectivity index (χ1v) is 8.01. The largest absolute Gasteiger partial charge is 0.493 e. The van der Waals surface area contributed by atoms with Gasteiger partial charge in [0.1, 0.15) is 5.75 Å². The highest BCUT2D eigenvalue weighted by Gasteiger charge is 2.24. The topological polar surface area (TPSA) is 60.2 Å². The fourth-order valence-electron chi connectivity index (χ4n) is 2.90. The molecule has 0 saturated carbocycles. The van der Waals surface area contributed by atoms with E-state index in [1.54, 1.807) is 10.9 Å². The monoisotopic (exact) mass is 314 g/mol. The van der Waals surface area contributed by atoms with Gasteiger partial charge in [0, 0.05) is 26.1 Å². The van der Waals surface area contributed by atoms with Crippen LogP contribution in [0.3, 0.4) is 0 Å². The third-order valence-electron chi connectivity index (χ3n) is 4.24. The van der Waals surface area contributed by atoms with Gasteiger partial charge in [0.05, 0.1) is 24.9 Å². The van der Waals surface area contributed by atoms with Crippen molar-refractivity contribution in [3.63, 3.8) is 0 Å². The summed E-state index contributed by atoms with van der Waals surface area (Å²) in [5, 5.41) is 7.69. The standard InChI is InChI=1S/C17H22N4O2/c1-20-15(11-18-19-20)10-17(22)21-9-5-6-14(12-21)13-23-16-7-3-2-4-8-16/h2-4,7-8,11,14H,5-6,9-10,12-13H2,1H3. The van der Waals surface area contributed by atoms with Crippen molar-refractivity contribution >= 4 is 5.91 Å². The molecule has 1 aliphatic rings. The molecule has 0 spiro atoms. The predicted octanol–water partition coefficient (Wildman–Crippen LogP) is 1.68. The van der Waals surface area contributed by atoms with Crippen molar-refractivity contribution in [2.75, 3.05) is 19.7 Å². The number of aromatic nitrogens is 3. The Morgan fingerprint density at radius 2 is 2.17 bits per heavy atom. The molecule has 0 radical (unpaired) electrons. The highest BCUT2D eigenvalue weighted by atomic mass is 16.5. The van der Waals surface area contributed by atoms with Crippen LogP contribution < -0.4 is 4.74 Å². The van der Waals surface area contributed by atoms with Crippen LogP contribution in [0, 0.1) is 5.92 Å². The fourth-order valence-corrected chi connectivity index (χ4v) is 2.90. The van der Waals surface area contributed by atoms with Gasteiger partial charge in [-0.3, -0.25) is 9.48 Å². The van der Waals surface area contributed by atoms with Gasteiger partial charge in [-0.25, -0.2) is 0 Å². The van der Waals surface area contributed by atoms with E-state index in [0.717, 1.165) is 37.4 Å². The number of carbonyl (C=O) groups excluding carboxylic acids is 1. The molecule has 6 heteroatoms. The minimum absolute atomic E-state index is 0.139. The second-order valence-corrected chi connectivity index (χ2v) is 6.00. The molecule has 2 heterocycles. The third kappa shape index (κ3) is 4.09. The molecule has 1 saturated heterocycles. The molecule has 1 aromatic heterocycles. The second kappa shape index (κ2) is 7.26. The van der Waals surface area contributed by atoms with Crippen LogP contribution in [0.4, 0.5) is 0 Å². The number of aryl methyl sites for hydroxylation is 1. The van der Waals surface area contributed by atoms with Gasteiger partial charge in [0.2, 0.25) is 5.91 Å². The SMILES string of the molecule is Cn1nncc1CC(=O)N1CCCC(COc2ccccc2)C1. The van der Waals surface area contributed by atoms with Gasteiger partial charge in [-0.05, 0) is 25.0 Å². The van der Waals surface area contributed by atoms with Crippen molar-refractivity contribution in [3.05, 3.63) is 42.2 Å². The molecule has 1 unspecified atom stereocenters. The van der Waals surface area contributed by atoms with Gasteiger partial charge in [-0.2, -0.15) is 0 Å². The molecule has 1 aromatic carbocycles. The average Bonchev–Trinajstić information content (AvgIpc) is 2.99. The maximum absolute atomic E-state index is 12.5. The quantitative estimate of drug-likeness (QED) is 0.842. The van der Waals surface area contributed by atoms with Gasteiger partial charge in [0.25, 0.3) is 0 Å². The van der Waals surface area contributed by atoms with Crippen molar-refractivity contribution in [2.45, 2.75) is 19.3 Å². The van der Waals surface area contributed by atoms with Gasteiger partial charge in [-0.1, -0.05) is 23.4 Å². The van der Waals surface area contributed by atoms with Crippen LogP contribution >= 0.6 is 0 Å². The maximum atomic E-state index is 12.5. The lowest BCUT2D eigenvalue weighted by Crippen LogP contribution is -2.42. The van der Waals surface area contributed by atoms with Gasteiger partial charge < -0.3 is 9.64 Å². The molecule has 1 amide bonds. The molecule has 2 aromatic rings. The normalized spacial score (nSPS) is 18.0. The van der Waals surface area contributed by atoms with E-state index in [1.165, 1.54) is 0 Å². The van der Waals surface area contributed by atoms with Crippen LogP contribution in [0.15, 0.2) is 36.5 Å². The maximum Gasteiger partial charge on any atom is 0.228 e. The number of likely N-dealkylation sites (tertiary alicyclic amines) is 1. The van der Waals surface area contributed by atoms with Crippen LogP contribution in [0.2, 0.25) is 0 Å². The summed E-state index contributed by atoms with van der Waals surface area (Å²) in [5.74, 6) is 1.41. The Kier molecular flexibility index (Phi) is 4.90. The van der Waals surface area contributed by atoms with E-state index in [9.17, 15) is 4.79 Å². The molecule has 0 bridgehead atoms. The molecule has 1 aliphatic heterocycles. The number of benzene rings is 1. The first-order chi connectivity index (χ1) is 11.2. The first kappa shape index (κ1) is 15.5. The minimum Gasteiger partial charge on any atom is -0.493 e. The predicted molar refractivity (Wildman–Crippen MR) is 85.9 cm³/mol. The molecule has 6 nitrogen and oxygen atoms in total. The summed E-state index contributed by atoms with van der Waals surface area (Å²) in [7, 11) is 1.81. The number of piperidine rings is 1. The lowest BCUT2D eigenvalue weighted by atomic mass is 9.98. The second-order valence-electron chi connectivity index (χ2n) is 6.00. The lowest BCUT2D eigenvalue weighted by Gasteiger charge is -2.32. The van der Waals surface area contributed by atoms with E-state index in [0.29, 0.717) is 18.9 Å². The number of hydrogen-bond acceptors (Lipinski definition) is 4. The van der Waals surface area contributed by atoms with E-state index in [1.807, 2.05) is 42.3 Å². The third-order valence-corrected chi connectivity index (χ3v) is 4.24. The molecule has 0 aliphatic carbocycles. The smallest absolute Gasteiger partial charge is 0.228 e. The highest BCUT2D eigenvalue weighted by molar-refractivity contribution is 5.78. The van der Waals surface area contributed by atoms with Crippen molar-refractivity contribution in [3.8, 4) is 5.75 Å². The Hall–Kier alpha value is -2.37. The van der Waals surface area contributed by atoms with Crippen molar-refractivity contribution in [2.24, 2.45) is 13.0 Å². The van der Waals surface area contributed by atoms with E-state index in [-0.39, 0.29) is 5.91 Å². The number of hydrogen-bond donors (Lipinski definition) is 0. The summed E-state index contributed by atoms with van der Waals surface area (Å²) in [5.41, 5.74) is 0.845. The Bertz CT molecular complexity index is 641. The van der Waals surface area contributed by atoms with Gasteiger partial charge in [0.15, 0.2) is 0 Å². The number of ether oxygens (including phenoxy) is 1. The fraction of sp³-hybridized carbons (Fsp3) is 0.471. The number of para-hydroxylation sites is 1. The molecule has 1 atom stereocenters. The van der Waals surface area contributed by atoms with Crippen LogP contribution in [-0.4, -0.2) is 45.5 Å². The lowest BCUT2D eigenvalue weighted by molar-refractivity contribution is -0.132. The Balaban J connectivity index is 1.51. The Morgan fingerprint density at radius 1 is 1.35 bits per heavy atom. The first-order valence-electron chi connectivity index (χ1n) is 8.01. The summed E-state index contributed by atoms with van der Waals surface area (Å²) >= 11 is 0. The zero-order valence-corrected chi connectivity index (χ0v) is 13.4. The van der Waals surface area contributed by atoms with Crippen molar-refractivity contribution < 1.29 is 9.53 Å². The molecule has 0 N–H and O–H groups in total. The molecular weight excluding hydrogens is 292 g/mol. The molecule has 122 valence electrons. The summed E-state index contributed by atoms with van der Waals surface area (Å²) < 4.78 is 7.49. The summed E-state index contributed by atoms with van der Waals surface area (Å²) in [6.07, 6.45) is 4.13. The minimum atomic E-state index is 0.139. The average molecular weight is 314 g/mol. The van der Waals surface area contributed by atoms with Gasteiger partial charge >= 0.3 is 0 Å². The summed E-state index contributed by atoms with van der Waals surface area (Å²) in [6, 6.07) is 9.82. The van der Waals surface area contributed by atoms with Crippen LogP contribution in [0.5, 0.6) is 5.75 Å².